The van der Waals surface area contributed by atoms with Gasteiger partial charge in [-0.15, -0.1) is 0 Å². The first-order valence-corrected chi connectivity index (χ1v) is 6.73. The van der Waals surface area contributed by atoms with Crippen molar-refractivity contribution < 1.29 is 14.5 Å². The molecule has 108 valence electrons. The first-order chi connectivity index (χ1) is 10.1. The van der Waals surface area contributed by atoms with Gasteiger partial charge in [0, 0.05) is 30.9 Å². The summed E-state index contributed by atoms with van der Waals surface area (Å²) in [6, 6.07) is 8.83. The molecule has 1 aliphatic rings. The molecule has 0 N–H and O–H groups in total. The first kappa shape index (κ1) is 14.8. The van der Waals surface area contributed by atoms with Crippen LogP contribution < -0.4 is 0 Å². The first-order valence-electron chi connectivity index (χ1n) is 6.73. The van der Waals surface area contributed by atoms with E-state index >= 15 is 0 Å². The second-order valence-electron chi connectivity index (χ2n) is 4.82. The molecule has 0 aliphatic heterocycles. The molecule has 0 atom stereocenters. The number of carbonyl (C=O) groups is 2. The highest BCUT2D eigenvalue weighted by Crippen LogP contribution is 2.21. The number of benzene rings is 1. The Kier molecular flexibility index (Phi) is 4.77. The lowest BCUT2D eigenvalue weighted by molar-refractivity contribution is -0.428. The van der Waals surface area contributed by atoms with E-state index in [0.717, 1.165) is 0 Å². The number of carbonyl (C=O) groups excluding carboxylic acids is 2. The molecule has 1 aromatic carbocycles. The van der Waals surface area contributed by atoms with E-state index in [9.17, 15) is 19.7 Å². The van der Waals surface area contributed by atoms with Crippen LogP contribution in [0.2, 0.25) is 0 Å². The van der Waals surface area contributed by atoms with Crippen molar-refractivity contribution in [2.75, 3.05) is 0 Å². The zero-order chi connectivity index (χ0) is 15.2. The second kappa shape index (κ2) is 6.74. The third-order valence-corrected chi connectivity index (χ3v) is 3.39. The van der Waals surface area contributed by atoms with E-state index in [1.54, 1.807) is 24.3 Å². The number of nitrogens with zero attached hydrogens (tertiary/aromatic N) is 1. The third-order valence-electron chi connectivity index (χ3n) is 3.39. The van der Waals surface area contributed by atoms with Gasteiger partial charge >= 0.3 is 0 Å². The molecule has 1 aromatic rings. The summed E-state index contributed by atoms with van der Waals surface area (Å²) in [5.41, 5.74) is 1.27. The van der Waals surface area contributed by atoms with E-state index in [2.05, 4.69) is 0 Å². The maximum absolute atomic E-state index is 12.0. The van der Waals surface area contributed by atoms with Crippen LogP contribution in [0.1, 0.15) is 36.0 Å². The van der Waals surface area contributed by atoms with Crippen LogP contribution in [-0.2, 0) is 4.79 Å². The molecule has 0 bridgehead atoms. The Morgan fingerprint density at radius 3 is 2.24 bits per heavy atom. The van der Waals surface area contributed by atoms with Crippen molar-refractivity contribution in [2.24, 2.45) is 0 Å². The van der Waals surface area contributed by atoms with Gasteiger partial charge in [0.1, 0.15) is 0 Å². The van der Waals surface area contributed by atoms with Crippen LogP contribution in [0.3, 0.4) is 0 Å². The van der Waals surface area contributed by atoms with Crippen molar-refractivity contribution in [3.05, 3.63) is 69.4 Å². The summed E-state index contributed by atoms with van der Waals surface area (Å²) in [6.07, 6.45) is 3.79. The van der Waals surface area contributed by atoms with Gasteiger partial charge in [0.05, 0.1) is 4.92 Å². The second-order valence-corrected chi connectivity index (χ2v) is 4.82. The lowest BCUT2D eigenvalue weighted by Gasteiger charge is -2.08. The molecular formula is C16H15NO4. The number of Topliss-reactive ketones (excluding diaryl/α,β-unsaturated/α-hetero) is 2. The van der Waals surface area contributed by atoms with Gasteiger partial charge in [-0.1, -0.05) is 30.3 Å². The van der Waals surface area contributed by atoms with Gasteiger partial charge in [-0.05, 0) is 18.1 Å². The van der Waals surface area contributed by atoms with Crippen LogP contribution in [0.25, 0.3) is 0 Å². The van der Waals surface area contributed by atoms with Crippen molar-refractivity contribution in [1.82, 2.24) is 0 Å². The summed E-state index contributed by atoms with van der Waals surface area (Å²) >= 11 is 0. The quantitative estimate of drug-likeness (QED) is 0.457. The van der Waals surface area contributed by atoms with Crippen LogP contribution in [0.15, 0.2) is 53.8 Å². The number of hydrogen-bond donors (Lipinski definition) is 0. The van der Waals surface area contributed by atoms with Crippen molar-refractivity contribution in [3.8, 4) is 0 Å². The molecule has 21 heavy (non-hydrogen) atoms. The molecule has 0 heterocycles. The van der Waals surface area contributed by atoms with Crippen molar-refractivity contribution in [3.63, 3.8) is 0 Å². The van der Waals surface area contributed by atoms with E-state index in [1.807, 2.05) is 6.07 Å². The standard InChI is InChI=1S/C16H15NO4/c18-15(12-4-2-1-3-5-12)10-11-16(19)13-6-8-14(9-7-13)17(20)21/h1-6,8H,7,9-11H2. The zero-order valence-electron chi connectivity index (χ0n) is 11.5. The maximum atomic E-state index is 12.0. The minimum Gasteiger partial charge on any atom is -0.295 e. The molecule has 5 nitrogen and oxygen atoms in total. The largest absolute Gasteiger partial charge is 0.295 e. The van der Waals surface area contributed by atoms with E-state index in [4.69, 9.17) is 0 Å². The zero-order valence-corrected chi connectivity index (χ0v) is 11.5. The highest BCUT2D eigenvalue weighted by atomic mass is 16.6. The monoisotopic (exact) mass is 285 g/mol. The van der Waals surface area contributed by atoms with Crippen LogP contribution in [0, 0.1) is 10.1 Å². The number of hydrogen-bond acceptors (Lipinski definition) is 4. The van der Waals surface area contributed by atoms with Crippen LogP contribution in [0.4, 0.5) is 0 Å². The molecule has 1 aliphatic carbocycles. The molecule has 0 unspecified atom stereocenters. The van der Waals surface area contributed by atoms with Crippen molar-refractivity contribution in [2.45, 2.75) is 25.7 Å². The minimum atomic E-state index is -0.434. The Hall–Kier alpha value is -2.56. The van der Waals surface area contributed by atoms with Gasteiger partial charge in [-0.3, -0.25) is 19.7 Å². The maximum Gasteiger partial charge on any atom is 0.246 e. The summed E-state index contributed by atoms with van der Waals surface area (Å²) in [4.78, 5) is 34.0. The fraction of sp³-hybridized carbons (Fsp3) is 0.250. The van der Waals surface area contributed by atoms with Crippen LogP contribution in [0.5, 0.6) is 0 Å². The fourth-order valence-corrected chi connectivity index (χ4v) is 2.17. The number of rotatable bonds is 6. The number of nitro groups is 1. The Labute approximate surface area is 122 Å². The lowest BCUT2D eigenvalue weighted by Crippen LogP contribution is -2.10. The average Bonchev–Trinajstić information content (AvgIpc) is 2.53. The van der Waals surface area contributed by atoms with Crippen LogP contribution in [-0.4, -0.2) is 16.5 Å². The molecule has 0 fully saturated rings. The summed E-state index contributed by atoms with van der Waals surface area (Å²) in [5, 5.41) is 10.6. The van der Waals surface area contributed by atoms with Gasteiger partial charge in [0.2, 0.25) is 5.70 Å². The summed E-state index contributed by atoms with van der Waals surface area (Å²) in [5.74, 6) is -0.181. The van der Waals surface area contributed by atoms with Gasteiger partial charge < -0.3 is 0 Å². The number of allylic oxidation sites excluding steroid dienone is 4. The summed E-state index contributed by atoms with van der Waals surface area (Å²) < 4.78 is 0. The normalized spacial score (nSPS) is 14.1. The molecule has 0 spiro atoms. The van der Waals surface area contributed by atoms with Gasteiger partial charge in [0.25, 0.3) is 0 Å². The van der Waals surface area contributed by atoms with E-state index in [1.165, 1.54) is 12.2 Å². The Morgan fingerprint density at radius 1 is 1.00 bits per heavy atom. The third kappa shape index (κ3) is 3.95. The topological polar surface area (TPSA) is 77.3 Å². The Bertz CT molecular complexity index is 629. The smallest absolute Gasteiger partial charge is 0.246 e. The van der Waals surface area contributed by atoms with Gasteiger partial charge in [0.15, 0.2) is 11.6 Å². The number of ketones is 2. The minimum absolute atomic E-state index is 0.0677. The van der Waals surface area contributed by atoms with Gasteiger partial charge in [-0.2, -0.15) is 0 Å². The SMILES string of the molecule is O=C(CCC(=O)c1ccccc1)C1=CC=C([N+](=O)[O-])CC1. The average molecular weight is 285 g/mol. The van der Waals surface area contributed by atoms with Crippen molar-refractivity contribution in [1.29, 1.82) is 0 Å². The molecular weight excluding hydrogens is 270 g/mol. The molecule has 5 heteroatoms. The fourth-order valence-electron chi connectivity index (χ4n) is 2.17. The molecule has 2 rings (SSSR count). The molecule has 0 radical (unpaired) electrons. The summed E-state index contributed by atoms with van der Waals surface area (Å²) in [7, 11) is 0. The Balaban J connectivity index is 1.91. The molecule has 0 saturated heterocycles. The molecule has 0 aromatic heterocycles. The molecule has 0 saturated carbocycles. The highest BCUT2D eigenvalue weighted by molar-refractivity contribution is 6.02. The lowest BCUT2D eigenvalue weighted by atomic mass is 9.95. The summed E-state index contributed by atoms with van der Waals surface area (Å²) in [6.45, 7) is 0. The Morgan fingerprint density at radius 2 is 1.67 bits per heavy atom. The predicted molar refractivity (Wildman–Crippen MR) is 77.4 cm³/mol. The highest BCUT2D eigenvalue weighted by Gasteiger charge is 2.19. The van der Waals surface area contributed by atoms with E-state index < -0.39 is 4.92 Å². The predicted octanol–water partition coefficient (Wildman–Crippen LogP) is 3.10. The van der Waals surface area contributed by atoms with E-state index in [0.29, 0.717) is 17.6 Å². The van der Waals surface area contributed by atoms with Crippen molar-refractivity contribution >= 4 is 11.6 Å². The molecule has 0 amide bonds. The van der Waals surface area contributed by atoms with Crippen LogP contribution >= 0.6 is 0 Å². The van der Waals surface area contributed by atoms with Gasteiger partial charge in [-0.25, -0.2) is 0 Å². The van der Waals surface area contributed by atoms with E-state index in [-0.39, 0.29) is 36.5 Å².